The lowest BCUT2D eigenvalue weighted by Gasteiger charge is -2.11. The molecular weight excluding hydrogens is 268 g/mol. The smallest absolute Gasteiger partial charge is 0.264 e. The molecule has 0 heterocycles. The first-order valence-corrected chi connectivity index (χ1v) is 9.15. The summed E-state index contributed by atoms with van der Waals surface area (Å²) < 4.78 is 29.5. The Morgan fingerprint density at radius 1 is 1.19 bits per heavy atom. The zero-order valence-electron chi connectivity index (χ0n) is 9.33. The Morgan fingerprint density at radius 2 is 1.69 bits per heavy atom. The third-order valence-corrected chi connectivity index (χ3v) is 5.28. The summed E-state index contributed by atoms with van der Waals surface area (Å²) in [6.45, 7) is 2.04. The molecule has 0 fully saturated rings. The lowest BCUT2D eigenvalue weighted by Crippen LogP contribution is -2.26. The van der Waals surface area contributed by atoms with Crippen LogP contribution in [0.15, 0.2) is 0 Å². The molecule has 0 rings (SSSR count). The fourth-order valence-corrected chi connectivity index (χ4v) is 3.94. The molecule has 0 spiro atoms. The summed E-state index contributed by atoms with van der Waals surface area (Å²) in [7, 11) is -0.645. The second-order valence-corrected chi connectivity index (χ2v) is 7.70. The van der Waals surface area contributed by atoms with E-state index in [2.05, 4.69) is 0 Å². The van der Waals surface area contributed by atoms with Crippen LogP contribution in [-0.4, -0.2) is 42.3 Å². The van der Waals surface area contributed by atoms with Gasteiger partial charge in [-0.2, -0.15) is 8.42 Å². The molecule has 0 saturated heterocycles. The maximum Gasteiger partial charge on any atom is 0.264 e. The molecule has 5 nitrogen and oxygen atoms in total. The van der Waals surface area contributed by atoms with Crippen LogP contribution < -0.4 is 11.5 Å². The van der Waals surface area contributed by atoms with E-state index in [0.717, 1.165) is 12.2 Å². The van der Waals surface area contributed by atoms with Crippen molar-refractivity contribution < 1.29 is 13.0 Å². The highest BCUT2D eigenvalue weighted by atomic mass is 33.1. The molecular formula is C8H20N2O3S3. The van der Waals surface area contributed by atoms with E-state index >= 15 is 0 Å². The normalized spacial score (nSPS) is 16.0. The minimum atomic E-state index is -3.88. The zero-order valence-corrected chi connectivity index (χ0v) is 11.8. The summed E-state index contributed by atoms with van der Waals surface area (Å²) in [5, 5.41) is 0. The lowest BCUT2D eigenvalue weighted by molar-refractivity contribution is 0.478. The third kappa shape index (κ3) is 11.0. The minimum Gasteiger partial charge on any atom is -0.327 e. The van der Waals surface area contributed by atoms with Crippen molar-refractivity contribution >= 4 is 31.7 Å². The number of hydrogen-bond donors (Lipinski definition) is 3. The van der Waals surface area contributed by atoms with Gasteiger partial charge in [0.1, 0.15) is 0 Å². The zero-order chi connectivity index (χ0) is 12.6. The molecule has 0 aromatic carbocycles. The van der Waals surface area contributed by atoms with E-state index < -0.39 is 10.1 Å². The van der Waals surface area contributed by atoms with Crippen molar-refractivity contribution in [2.24, 2.45) is 11.5 Å². The van der Waals surface area contributed by atoms with E-state index in [9.17, 15) is 8.42 Å². The summed E-state index contributed by atoms with van der Waals surface area (Å²) in [5.41, 5.74) is 11.4. The Hall–Kier alpha value is 0.530. The molecule has 98 valence electrons. The maximum atomic E-state index is 10.5. The van der Waals surface area contributed by atoms with Crippen LogP contribution in [0.3, 0.4) is 0 Å². The Balaban J connectivity index is 3.48. The van der Waals surface area contributed by atoms with Gasteiger partial charge in [0, 0.05) is 23.6 Å². The first-order valence-electron chi connectivity index (χ1n) is 5.06. The molecule has 0 aliphatic heterocycles. The van der Waals surface area contributed by atoms with Crippen molar-refractivity contribution in [1.29, 1.82) is 0 Å². The topological polar surface area (TPSA) is 106 Å². The van der Waals surface area contributed by atoms with Crippen LogP contribution in [0.4, 0.5) is 0 Å². The van der Waals surface area contributed by atoms with Crippen molar-refractivity contribution in [3.63, 3.8) is 0 Å². The number of nitrogens with two attached hydrogens (primary N) is 2. The van der Waals surface area contributed by atoms with Crippen molar-refractivity contribution in [2.75, 3.05) is 17.3 Å². The van der Waals surface area contributed by atoms with Crippen molar-refractivity contribution in [3.8, 4) is 0 Å². The van der Waals surface area contributed by atoms with Crippen LogP contribution in [0.2, 0.25) is 0 Å². The monoisotopic (exact) mass is 288 g/mol. The lowest BCUT2D eigenvalue weighted by atomic mass is 10.3. The van der Waals surface area contributed by atoms with E-state index in [1.54, 1.807) is 21.6 Å². The van der Waals surface area contributed by atoms with Gasteiger partial charge in [0.05, 0.1) is 5.75 Å². The molecule has 0 aliphatic rings. The van der Waals surface area contributed by atoms with Gasteiger partial charge in [-0.25, -0.2) is 0 Å². The van der Waals surface area contributed by atoms with Gasteiger partial charge in [0.2, 0.25) is 0 Å². The summed E-state index contributed by atoms with van der Waals surface area (Å²) in [6.07, 6.45) is 1.23. The Morgan fingerprint density at radius 3 is 2.12 bits per heavy atom. The van der Waals surface area contributed by atoms with Crippen molar-refractivity contribution in [2.45, 2.75) is 31.8 Å². The summed E-state index contributed by atoms with van der Waals surface area (Å²) in [6, 6.07) is -0.0104. The van der Waals surface area contributed by atoms with E-state index in [1.807, 2.05) is 6.92 Å². The van der Waals surface area contributed by atoms with E-state index in [1.165, 1.54) is 0 Å². The molecule has 0 aromatic heterocycles. The maximum absolute atomic E-state index is 10.5. The van der Waals surface area contributed by atoms with Gasteiger partial charge in [-0.1, -0.05) is 28.5 Å². The van der Waals surface area contributed by atoms with Crippen molar-refractivity contribution in [1.82, 2.24) is 0 Å². The number of hydrogen-bond acceptors (Lipinski definition) is 6. The van der Waals surface area contributed by atoms with Gasteiger partial charge in [-0.05, 0) is 12.8 Å². The number of rotatable bonds is 9. The molecule has 0 bridgehead atoms. The second kappa shape index (κ2) is 8.60. The van der Waals surface area contributed by atoms with E-state index in [0.29, 0.717) is 5.75 Å². The van der Waals surface area contributed by atoms with Crippen LogP contribution in [0.5, 0.6) is 0 Å². The SMILES string of the molecule is CC[C@H](N)CSSC[C@@H](N)CCS(=O)(=O)O. The molecule has 8 heteroatoms. The van der Waals surface area contributed by atoms with Gasteiger partial charge < -0.3 is 11.5 Å². The molecule has 0 radical (unpaired) electrons. The summed E-state index contributed by atoms with van der Waals surface area (Å²) in [4.78, 5) is 0. The predicted octanol–water partition coefficient (Wildman–Crippen LogP) is 0.710. The molecule has 2 atom stereocenters. The molecule has 0 aliphatic carbocycles. The Bertz CT molecular complexity index is 272. The molecule has 0 unspecified atom stereocenters. The first kappa shape index (κ1) is 16.5. The molecule has 0 saturated carbocycles. The average molecular weight is 288 g/mol. The summed E-state index contributed by atoms with van der Waals surface area (Å²) in [5.74, 6) is 1.26. The third-order valence-electron chi connectivity index (χ3n) is 1.92. The fourth-order valence-electron chi connectivity index (χ4n) is 0.773. The minimum absolute atomic E-state index is 0.201. The van der Waals surface area contributed by atoms with E-state index in [4.69, 9.17) is 16.0 Å². The standard InChI is InChI=1S/C8H20N2O3S3/c1-2-7(9)5-14-15-6-8(10)3-4-16(11,12)13/h7-8H,2-6,9-10H2,1H3,(H,11,12,13)/t7-,8-/m0/s1. The van der Waals surface area contributed by atoms with Crippen LogP contribution in [0, 0.1) is 0 Å². The van der Waals surface area contributed by atoms with Gasteiger partial charge in [-0.3, -0.25) is 4.55 Å². The molecule has 0 amide bonds. The fraction of sp³-hybridized carbons (Fsp3) is 1.00. The van der Waals surface area contributed by atoms with Crippen LogP contribution in [-0.2, 0) is 10.1 Å². The van der Waals surface area contributed by atoms with Crippen LogP contribution in [0.1, 0.15) is 19.8 Å². The molecule has 16 heavy (non-hydrogen) atoms. The van der Waals surface area contributed by atoms with Gasteiger partial charge in [-0.15, -0.1) is 0 Å². The first-order chi connectivity index (χ1) is 7.35. The second-order valence-electron chi connectivity index (χ2n) is 3.57. The highest BCUT2D eigenvalue weighted by Crippen LogP contribution is 2.23. The van der Waals surface area contributed by atoms with Crippen LogP contribution in [0.25, 0.3) is 0 Å². The van der Waals surface area contributed by atoms with Gasteiger partial charge in [0.25, 0.3) is 10.1 Å². The van der Waals surface area contributed by atoms with Crippen LogP contribution >= 0.6 is 21.6 Å². The Kier molecular flexibility index (Phi) is 8.88. The van der Waals surface area contributed by atoms with E-state index in [-0.39, 0.29) is 24.3 Å². The largest absolute Gasteiger partial charge is 0.327 e. The predicted molar refractivity (Wildman–Crippen MR) is 72.2 cm³/mol. The molecule has 0 aromatic rings. The highest BCUT2D eigenvalue weighted by molar-refractivity contribution is 8.76. The average Bonchev–Trinajstić information content (AvgIpc) is 2.20. The highest BCUT2D eigenvalue weighted by Gasteiger charge is 2.10. The van der Waals surface area contributed by atoms with Gasteiger partial charge >= 0.3 is 0 Å². The van der Waals surface area contributed by atoms with Gasteiger partial charge in [0.15, 0.2) is 0 Å². The quantitative estimate of drug-likeness (QED) is 0.326. The summed E-state index contributed by atoms with van der Waals surface area (Å²) >= 11 is 0. The van der Waals surface area contributed by atoms with Crippen molar-refractivity contribution in [3.05, 3.63) is 0 Å². The molecule has 5 N–H and O–H groups in total. The Labute approximate surface area is 105 Å².